The number of morpholine rings is 1. The molecule has 206 valence electrons. The van der Waals surface area contributed by atoms with Crippen LogP contribution in [0.4, 0.5) is 0 Å². The molecule has 2 fully saturated rings. The first-order valence-electron chi connectivity index (χ1n) is 13.7. The van der Waals surface area contributed by atoms with Crippen molar-refractivity contribution in [3.8, 4) is 5.75 Å². The van der Waals surface area contributed by atoms with Gasteiger partial charge in [-0.3, -0.25) is 18.9 Å². The van der Waals surface area contributed by atoms with Crippen molar-refractivity contribution in [2.45, 2.75) is 39.2 Å². The van der Waals surface area contributed by atoms with Crippen molar-refractivity contribution in [1.29, 1.82) is 0 Å². The van der Waals surface area contributed by atoms with Crippen LogP contribution in [0.3, 0.4) is 0 Å². The van der Waals surface area contributed by atoms with Crippen LogP contribution >= 0.6 is 0 Å². The third-order valence-corrected chi connectivity index (χ3v) is 7.39. The molecule has 1 amide bonds. The molecule has 39 heavy (non-hydrogen) atoms. The van der Waals surface area contributed by atoms with E-state index in [9.17, 15) is 14.7 Å². The summed E-state index contributed by atoms with van der Waals surface area (Å²) in [5.74, 6) is -0.841. The summed E-state index contributed by atoms with van der Waals surface area (Å²) < 4.78 is 13.1. The van der Waals surface area contributed by atoms with E-state index in [1.807, 2.05) is 42.5 Å². The molecule has 1 N–H and O–H groups in total. The number of fused-ring (bicyclic) bond motifs is 1. The Balaban J connectivity index is 1.53. The molecule has 2 aliphatic heterocycles. The first-order valence-corrected chi connectivity index (χ1v) is 13.7. The Hall–Kier alpha value is -3.69. The second-order valence-corrected chi connectivity index (χ2v) is 10.0. The number of benzene rings is 1. The number of hydrogen-bond acceptors (Lipinski definition) is 7. The van der Waals surface area contributed by atoms with E-state index in [1.54, 1.807) is 22.4 Å². The highest BCUT2D eigenvalue weighted by atomic mass is 16.5. The molecule has 1 aromatic carbocycles. The van der Waals surface area contributed by atoms with E-state index in [-0.39, 0.29) is 11.3 Å². The maximum atomic E-state index is 13.5. The van der Waals surface area contributed by atoms with Crippen molar-refractivity contribution < 1.29 is 24.2 Å². The zero-order valence-corrected chi connectivity index (χ0v) is 22.6. The monoisotopic (exact) mass is 532 g/mol. The minimum atomic E-state index is -0.738. The Kier molecular flexibility index (Phi) is 8.28. The fourth-order valence-corrected chi connectivity index (χ4v) is 5.38. The number of imidazole rings is 1. The molecule has 9 heteroatoms. The van der Waals surface area contributed by atoms with Crippen LogP contribution in [0.2, 0.25) is 0 Å². The molecule has 4 heterocycles. The number of likely N-dealkylation sites (tertiary alicyclic amines) is 1. The van der Waals surface area contributed by atoms with Gasteiger partial charge in [0, 0.05) is 32.4 Å². The minimum absolute atomic E-state index is 0.0748. The summed E-state index contributed by atoms with van der Waals surface area (Å²) in [6.07, 6.45) is 4.43. The average Bonchev–Trinajstić information content (AvgIpc) is 3.42. The van der Waals surface area contributed by atoms with Gasteiger partial charge in [0.25, 0.3) is 11.7 Å². The maximum absolute atomic E-state index is 13.5. The molecule has 1 atom stereocenters. The first kappa shape index (κ1) is 26.9. The van der Waals surface area contributed by atoms with Crippen LogP contribution in [0.1, 0.15) is 49.2 Å². The van der Waals surface area contributed by atoms with E-state index in [1.165, 1.54) is 0 Å². The number of carbonyl (C=O) groups excluding carboxylic acids is 2. The highest BCUT2D eigenvalue weighted by Gasteiger charge is 2.46. The Bertz CT molecular complexity index is 1370. The summed E-state index contributed by atoms with van der Waals surface area (Å²) in [6, 6.07) is 12.3. The molecule has 0 saturated carbocycles. The van der Waals surface area contributed by atoms with Gasteiger partial charge in [0.05, 0.1) is 37.1 Å². The van der Waals surface area contributed by atoms with Crippen LogP contribution in [0.5, 0.6) is 5.75 Å². The van der Waals surface area contributed by atoms with Gasteiger partial charge < -0.3 is 19.5 Å². The van der Waals surface area contributed by atoms with Gasteiger partial charge in [-0.1, -0.05) is 31.5 Å². The third kappa shape index (κ3) is 5.55. The number of aromatic nitrogens is 2. The molecule has 2 saturated heterocycles. The molecule has 5 rings (SSSR count). The number of aliphatic hydroxyl groups is 1. The first-order chi connectivity index (χ1) is 19.0. The van der Waals surface area contributed by atoms with Gasteiger partial charge in [0.15, 0.2) is 5.76 Å². The number of unbranched alkanes of at least 4 members (excludes halogenated alkanes) is 1. The molecular formula is C30H36N4O5. The summed E-state index contributed by atoms with van der Waals surface area (Å²) in [5.41, 5.74) is 2.44. The van der Waals surface area contributed by atoms with E-state index in [4.69, 9.17) is 9.47 Å². The molecule has 0 bridgehead atoms. The summed E-state index contributed by atoms with van der Waals surface area (Å²) in [5, 5.41) is 11.7. The van der Waals surface area contributed by atoms with E-state index < -0.39 is 17.7 Å². The third-order valence-electron chi connectivity index (χ3n) is 7.39. The number of carbonyl (C=O) groups is 2. The van der Waals surface area contributed by atoms with Crippen LogP contribution in [-0.2, 0) is 14.3 Å². The summed E-state index contributed by atoms with van der Waals surface area (Å²) in [6.45, 7) is 8.77. The second kappa shape index (κ2) is 12.0. The van der Waals surface area contributed by atoms with E-state index >= 15 is 0 Å². The zero-order chi connectivity index (χ0) is 27.4. The minimum Gasteiger partial charge on any atom is -0.505 e. The lowest BCUT2D eigenvalue weighted by molar-refractivity contribution is -0.140. The number of nitrogens with zero attached hydrogens (tertiary/aromatic N) is 4. The van der Waals surface area contributed by atoms with E-state index in [0.717, 1.165) is 38.0 Å². The van der Waals surface area contributed by atoms with Crippen LogP contribution in [-0.4, -0.2) is 82.0 Å². The number of pyridine rings is 1. The molecule has 0 radical (unpaired) electrons. The van der Waals surface area contributed by atoms with E-state index in [2.05, 4.69) is 16.8 Å². The summed E-state index contributed by atoms with van der Waals surface area (Å²) >= 11 is 0. The Morgan fingerprint density at radius 1 is 1.10 bits per heavy atom. The molecule has 0 spiro atoms. The average molecular weight is 533 g/mol. The number of rotatable bonds is 10. The number of ketones is 1. The molecule has 0 aliphatic carbocycles. The standard InChI is InChI=1S/C30H36N4O5/c1-3-4-17-39-23-10-7-9-22(20-23)27-25(28(35)26-21(2)31-24-11-5-6-13-33(24)26)29(36)30(37)34(27)14-8-12-32-15-18-38-19-16-32/h5-7,9-11,13,20,27,35H,3-4,8,12,14-19H2,1-2H3. The molecule has 9 nitrogen and oxygen atoms in total. The number of Topliss-reactive ketones (excluding diaryl/α,β-unsaturated/α-hetero) is 1. The summed E-state index contributed by atoms with van der Waals surface area (Å²) in [7, 11) is 0. The van der Waals surface area contributed by atoms with Crippen molar-refractivity contribution in [3.63, 3.8) is 0 Å². The molecule has 2 aromatic heterocycles. The highest BCUT2D eigenvalue weighted by Crippen LogP contribution is 2.41. The van der Waals surface area contributed by atoms with Gasteiger partial charge in [-0.15, -0.1) is 0 Å². The van der Waals surface area contributed by atoms with Gasteiger partial charge in [-0.2, -0.15) is 0 Å². The fourth-order valence-electron chi connectivity index (χ4n) is 5.38. The quantitative estimate of drug-likeness (QED) is 0.183. The lowest BCUT2D eigenvalue weighted by Crippen LogP contribution is -2.38. The zero-order valence-electron chi connectivity index (χ0n) is 22.6. The number of ether oxygens (including phenoxy) is 2. The highest BCUT2D eigenvalue weighted by molar-refractivity contribution is 6.46. The van der Waals surface area contributed by atoms with Gasteiger partial charge in [-0.05, 0) is 49.6 Å². The normalized spacial score (nSPS) is 19.7. The Morgan fingerprint density at radius 3 is 2.72 bits per heavy atom. The van der Waals surface area contributed by atoms with Crippen LogP contribution in [0, 0.1) is 6.92 Å². The van der Waals surface area contributed by atoms with Gasteiger partial charge in [0.2, 0.25) is 0 Å². The molecule has 3 aromatic rings. The van der Waals surface area contributed by atoms with Crippen molar-refractivity contribution in [1.82, 2.24) is 19.2 Å². The van der Waals surface area contributed by atoms with Crippen molar-refractivity contribution >= 4 is 23.1 Å². The lowest BCUT2D eigenvalue weighted by atomic mass is 9.96. The number of amides is 1. The van der Waals surface area contributed by atoms with Crippen LogP contribution < -0.4 is 4.74 Å². The second-order valence-electron chi connectivity index (χ2n) is 10.0. The molecule has 2 aliphatic rings. The fraction of sp³-hybridized carbons (Fsp3) is 0.433. The number of aliphatic hydroxyl groups excluding tert-OH is 1. The van der Waals surface area contributed by atoms with Crippen molar-refractivity contribution in [3.05, 3.63) is 71.2 Å². The predicted octanol–water partition coefficient (Wildman–Crippen LogP) is 3.97. The Labute approximate surface area is 228 Å². The van der Waals surface area contributed by atoms with Gasteiger partial charge in [-0.25, -0.2) is 4.98 Å². The van der Waals surface area contributed by atoms with Crippen LogP contribution in [0.25, 0.3) is 11.4 Å². The van der Waals surface area contributed by atoms with Gasteiger partial charge >= 0.3 is 0 Å². The topological polar surface area (TPSA) is 96.6 Å². The lowest BCUT2D eigenvalue weighted by Gasteiger charge is -2.29. The largest absolute Gasteiger partial charge is 0.505 e. The molecular weight excluding hydrogens is 496 g/mol. The number of aryl methyl sites for hydroxylation is 1. The summed E-state index contributed by atoms with van der Waals surface area (Å²) in [4.78, 5) is 35.4. The maximum Gasteiger partial charge on any atom is 0.295 e. The number of hydrogen-bond donors (Lipinski definition) is 1. The SMILES string of the molecule is CCCCOc1cccc(C2C(=C(O)c3c(C)nc4ccccn34)C(=O)C(=O)N2CCCN2CCOCC2)c1. The predicted molar refractivity (Wildman–Crippen MR) is 148 cm³/mol. The molecule has 1 unspecified atom stereocenters. The smallest absolute Gasteiger partial charge is 0.295 e. The van der Waals surface area contributed by atoms with E-state index in [0.29, 0.717) is 55.6 Å². The Morgan fingerprint density at radius 2 is 1.92 bits per heavy atom. The van der Waals surface area contributed by atoms with Crippen molar-refractivity contribution in [2.75, 3.05) is 46.0 Å². The van der Waals surface area contributed by atoms with Crippen LogP contribution in [0.15, 0.2) is 54.2 Å². The van der Waals surface area contributed by atoms with Crippen molar-refractivity contribution in [2.24, 2.45) is 0 Å². The van der Waals surface area contributed by atoms with Gasteiger partial charge in [0.1, 0.15) is 17.1 Å².